The molecule has 0 amide bonds. The van der Waals surface area contributed by atoms with Gasteiger partial charge in [-0.25, -0.2) is 8.42 Å². The molecule has 0 saturated heterocycles. The van der Waals surface area contributed by atoms with Crippen LogP contribution in [0.1, 0.15) is 136 Å². The van der Waals surface area contributed by atoms with Gasteiger partial charge in [-0.2, -0.15) is 0 Å². The summed E-state index contributed by atoms with van der Waals surface area (Å²) in [5.74, 6) is 0. The van der Waals surface area contributed by atoms with Gasteiger partial charge in [0.05, 0.1) is 16.2 Å². The van der Waals surface area contributed by atoms with E-state index in [4.69, 9.17) is 0 Å². The molecule has 0 rings (SSSR count). The van der Waals surface area contributed by atoms with E-state index < -0.39 is 15.4 Å². The maximum atomic E-state index is 11.5. The SMILES string of the molecule is CCCCCCCCCCCCC(CCCCC(O)CCCCC)S(=O)(=O)[O-].[K+]. The van der Waals surface area contributed by atoms with Gasteiger partial charge >= 0.3 is 51.4 Å². The topological polar surface area (TPSA) is 77.4 Å². The molecular weight excluding hydrogens is 411 g/mol. The molecule has 0 aromatic carbocycles. The van der Waals surface area contributed by atoms with E-state index in [9.17, 15) is 18.1 Å². The molecule has 6 heteroatoms. The van der Waals surface area contributed by atoms with Crippen LogP contribution in [0.4, 0.5) is 0 Å². The summed E-state index contributed by atoms with van der Waals surface area (Å²) in [6, 6.07) is 0. The van der Waals surface area contributed by atoms with Crippen LogP contribution in [0.25, 0.3) is 0 Å². The Morgan fingerprint density at radius 2 is 0.931 bits per heavy atom. The molecule has 2 atom stereocenters. The van der Waals surface area contributed by atoms with Crippen LogP contribution < -0.4 is 51.4 Å². The summed E-state index contributed by atoms with van der Waals surface area (Å²) >= 11 is 0. The Hall–Kier alpha value is 1.51. The van der Waals surface area contributed by atoms with Crippen molar-refractivity contribution in [1.82, 2.24) is 0 Å². The van der Waals surface area contributed by atoms with Crippen molar-refractivity contribution in [2.75, 3.05) is 0 Å². The molecule has 0 aromatic rings. The molecule has 0 aliphatic carbocycles. The van der Waals surface area contributed by atoms with Gasteiger partial charge in [0, 0.05) is 5.25 Å². The fourth-order valence-electron chi connectivity index (χ4n) is 3.82. The average molecular weight is 459 g/mol. The summed E-state index contributed by atoms with van der Waals surface area (Å²) in [4.78, 5) is 0. The third kappa shape index (κ3) is 22.5. The molecule has 4 nitrogen and oxygen atoms in total. The van der Waals surface area contributed by atoms with Gasteiger partial charge < -0.3 is 9.66 Å². The zero-order valence-electron chi connectivity index (χ0n) is 19.7. The number of aliphatic hydroxyl groups is 1. The number of hydrogen-bond donors (Lipinski definition) is 1. The van der Waals surface area contributed by atoms with Gasteiger partial charge in [-0.05, 0) is 25.7 Å². The van der Waals surface area contributed by atoms with Crippen LogP contribution >= 0.6 is 0 Å². The second-order valence-corrected chi connectivity index (χ2v) is 10.2. The Bertz CT molecular complexity index is 429. The number of hydrogen-bond acceptors (Lipinski definition) is 4. The van der Waals surface area contributed by atoms with Gasteiger partial charge in [0.25, 0.3) is 0 Å². The van der Waals surface area contributed by atoms with Crippen LogP contribution in [0.3, 0.4) is 0 Å². The first-order chi connectivity index (χ1) is 13.4. The maximum Gasteiger partial charge on any atom is 1.00 e. The minimum atomic E-state index is -4.21. The molecule has 0 heterocycles. The molecule has 0 fully saturated rings. The van der Waals surface area contributed by atoms with E-state index in [0.29, 0.717) is 25.7 Å². The van der Waals surface area contributed by atoms with Crippen LogP contribution in [0.15, 0.2) is 0 Å². The zero-order valence-corrected chi connectivity index (χ0v) is 23.6. The number of rotatable bonds is 21. The average Bonchev–Trinajstić information content (AvgIpc) is 2.64. The molecule has 0 aliphatic rings. The van der Waals surface area contributed by atoms with E-state index in [0.717, 1.165) is 51.4 Å². The summed E-state index contributed by atoms with van der Waals surface area (Å²) in [7, 11) is -4.21. The zero-order chi connectivity index (χ0) is 21.1. The van der Waals surface area contributed by atoms with Crippen molar-refractivity contribution in [3.8, 4) is 0 Å². The van der Waals surface area contributed by atoms with Gasteiger partial charge in [-0.3, -0.25) is 0 Å². The van der Waals surface area contributed by atoms with E-state index in [1.807, 2.05) is 0 Å². The predicted molar refractivity (Wildman–Crippen MR) is 119 cm³/mol. The quantitative estimate of drug-likeness (QED) is 0.162. The van der Waals surface area contributed by atoms with Crippen molar-refractivity contribution < 1.29 is 69.5 Å². The Morgan fingerprint density at radius 1 is 0.621 bits per heavy atom. The van der Waals surface area contributed by atoms with Gasteiger partial charge in [0.1, 0.15) is 0 Å². The van der Waals surface area contributed by atoms with Crippen molar-refractivity contribution in [3.05, 3.63) is 0 Å². The molecule has 0 aliphatic heterocycles. The second-order valence-electron chi connectivity index (χ2n) is 8.52. The molecule has 2 unspecified atom stereocenters. The normalized spacial score (nSPS) is 13.8. The summed E-state index contributed by atoms with van der Waals surface area (Å²) in [5, 5.41) is 9.19. The molecule has 29 heavy (non-hydrogen) atoms. The van der Waals surface area contributed by atoms with Crippen LogP contribution in [0.2, 0.25) is 0 Å². The van der Waals surface area contributed by atoms with Crippen LogP contribution in [-0.4, -0.2) is 29.4 Å². The van der Waals surface area contributed by atoms with Crippen molar-refractivity contribution in [2.24, 2.45) is 0 Å². The molecule has 0 radical (unpaired) electrons. The van der Waals surface area contributed by atoms with E-state index in [1.54, 1.807) is 0 Å². The number of unbranched alkanes of at least 4 members (excludes halogenated alkanes) is 12. The van der Waals surface area contributed by atoms with Gasteiger partial charge in [0.2, 0.25) is 0 Å². The van der Waals surface area contributed by atoms with E-state index in [-0.39, 0.29) is 57.5 Å². The minimum Gasteiger partial charge on any atom is -0.748 e. The first-order valence-electron chi connectivity index (χ1n) is 12.0. The van der Waals surface area contributed by atoms with Gasteiger partial charge in [-0.15, -0.1) is 0 Å². The molecule has 170 valence electrons. The Balaban J connectivity index is 0. The fraction of sp³-hybridized carbons (Fsp3) is 1.00. The first-order valence-corrected chi connectivity index (χ1v) is 13.5. The van der Waals surface area contributed by atoms with E-state index >= 15 is 0 Å². The van der Waals surface area contributed by atoms with E-state index in [2.05, 4.69) is 13.8 Å². The first kappa shape index (κ1) is 32.7. The van der Waals surface area contributed by atoms with E-state index in [1.165, 1.54) is 44.9 Å². The Kier molecular flexibility index (Phi) is 25.6. The summed E-state index contributed by atoms with van der Waals surface area (Å²) in [6.07, 6.45) is 19.2. The monoisotopic (exact) mass is 458 g/mol. The summed E-state index contributed by atoms with van der Waals surface area (Å²) < 4.78 is 34.6. The largest absolute Gasteiger partial charge is 1.00 e. The summed E-state index contributed by atoms with van der Waals surface area (Å²) in [5.41, 5.74) is 0. The fourth-order valence-corrected chi connectivity index (χ4v) is 4.73. The molecule has 0 spiro atoms. The predicted octanol–water partition coefficient (Wildman–Crippen LogP) is 3.72. The molecule has 0 aromatic heterocycles. The summed E-state index contributed by atoms with van der Waals surface area (Å²) in [6.45, 7) is 4.37. The third-order valence-corrected chi connectivity index (χ3v) is 7.03. The maximum absolute atomic E-state index is 11.5. The van der Waals surface area contributed by atoms with Crippen LogP contribution in [0.5, 0.6) is 0 Å². The Morgan fingerprint density at radius 3 is 1.38 bits per heavy atom. The molecule has 0 saturated carbocycles. The van der Waals surface area contributed by atoms with Crippen LogP contribution in [-0.2, 0) is 10.1 Å². The molecule has 0 bridgehead atoms. The van der Waals surface area contributed by atoms with Gasteiger partial charge in [-0.1, -0.05) is 110 Å². The molecule has 1 N–H and O–H groups in total. The van der Waals surface area contributed by atoms with Crippen molar-refractivity contribution in [3.63, 3.8) is 0 Å². The Labute approximate surface area is 224 Å². The second kappa shape index (κ2) is 22.7. The molecular formula is C23H47KO4S. The third-order valence-electron chi connectivity index (χ3n) is 5.74. The standard InChI is InChI=1S/C23H48O4S.K/c1-3-5-7-8-9-10-11-12-13-15-20-23(28(25,26)27)21-17-16-19-22(24)18-14-6-4-2;/h22-24H,3-21H2,1-2H3,(H,25,26,27);/q;+1/p-1. The van der Waals surface area contributed by atoms with Crippen molar-refractivity contribution in [2.45, 2.75) is 147 Å². The van der Waals surface area contributed by atoms with Crippen molar-refractivity contribution in [1.29, 1.82) is 0 Å². The number of aliphatic hydroxyl groups excluding tert-OH is 1. The minimum absolute atomic E-state index is 0. The smallest absolute Gasteiger partial charge is 0.748 e. The van der Waals surface area contributed by atoms with Crippen LogP contribution in [0, 0.1) is 0 Å². The van der Waals surface area contributed by atoms with Crippen molar-refractivity contribution >= 4 is 10.1 Å². The van der Waals surface area contributed by atoms with Gasteiger partial charge in [0.15, 0.2) is 0 Å².